The first kappa shape index (κ1) is 17.4. The number of nitrogens with one attached hydrogen (secondary N) is 1. The maximum atomic E-state index is 13.1. The zero-order valence-electron chi connectivity index (χ0n) is 14.7. The van der Waals surface area contributed by atoms with Crippen LogP contribution >= 0.6 is 0 Å². The molecule has 0 aliphatic heterocycles. The third-order valence-electron chi connectivity index (χ3n) is 3.87. The number of nitrogens with two attached hydrogens (primary N) is 1. The molecule has 2 heterocycles. The van der Waals surface area contributed by atoms with Gasteiger partial charge in [-0.15, -0.1) is 0 Å². The van der Waals surface area contributed by atoms with Crippen molar-refractivity contribution in [3.63, 3.8) is 0 Å². The van der Waals surface area contributed by atoms with Crippen LogP contribution in [0, 0.1) is 5.95 Å². The fraction of sp³-hybridized carbons (Fsp3) is 0. The van der Waals surface area contributed by atoms with Crippen molar-refractivity contribution in [1.82, 2.24) is 15.0 Å². The van der Waals surface area contributed by atoms with Gasteiger partial charge in [-0.1, -0.05) is 30.3 Å². The maximum Gasteiger partial charge on any atom is 0.222 e. The summed E-state index contributed by atoms with van der Waals surface area (Å²) < 4.78 is 18.7. The van der Waals surface area contributed by atoms with Crippen molar-refractivity contribution in [3.8, 4) is 22.8 Å². The number of hydrogen-bond donors (Lipinski definition) is 2. The van der Waals surface area contributed by atoms with E-state index >= 15 is 0 Å². The molecule has 6 nitrogen and oxygen atoms in total. The minimum atomic E-state index is -0.591. The fourth-order valence-electron chi connectivity index (χ4n) is 2.63. The van der Waals surface area contributed by atoms with E-state index in [-0.39, 0.29) is 5.95 Å². The summed E-state index contributed by atoms with van der Waals surface area (Å²) in [5, 5.41) is 3.20. The number of pyridine rings is 1. The Hall–Kier alpha value is -4.00. The van der Waals surface area contributed by atoms with Gasteiger partial charge in [0.05, 0.1) is 5.69 Å². The second-order valence-electron chi connectivity index (χ2n) is 5.93. The number of hydrogen-bond acceptors (Lipinski definition) is 6. The molecule has 0 atom stereocenters. The van der Waals surface area contributed by atoms with E-state index in [4.69, 9.17) is 10.5 Å². The van der Waals surface area contributed by atoms with Gasteiger partial charge in [0.2, 0.25) is 11.9 Å². The van der Waals surface area contributed by atoms with Gasteiger partial charge in [-0.2, -0.15) is 9.37 Å². The van der Waals surface area contributed by atoms with E-state index in [0.717, 1.165) is 16.9 Å². The predicted molar refractivity (Wildman–Crippen MR) is 106 cm³/mol. The van der Waals surface area contributed by atoms with E-state index in [2.05, 4.69) is 20.3 Å². The molecular weight excluding hydrogens is 357 g/mol. The highest BCUT2D eigenvalue weighted by atomic mass is 19.1. The molecule has 2 aromatic heterocycles. The standard InChI is InChI=1S/C21H16FN5O/c22-19-12-17(10-11-24-19)28-16-8-6-15(7-9-16)25-20-13-18(26-21(23)27-20)14-4-2-1-3-5-14/h1-13H,(H3,23,25,26,27). The van der Waals surface area contributed by atoms with Crippen molar-refractivity contribution in [2.24, 2.45) is 0 Å². The second kappa shape index (κ2) is 7.71. The fourth-order valence-corrected chi connectivity index (χ4v) is 2.63. The Morgan fingerprint density at radius 1 is 0.857 bits per heavy atom. The molecule has 0 bridgehead atoms. The zero-order valence-corrected chi connectivity index (χ0v) is 14.7. The quantitative estimate of drug-likeness (QED) is 0.489. The summed E-state index contributed by atoms with van der Waals surface area (Å²) in [6.45, 7) is 0. The van der Waals surface area contributed by atoms with Gasteiger partial charge in [0.15, 0.2) is 0 Å². The number of nitrogen functional groups attached to an aromatic ring is 1. The molecule has 2 aromatic carbocycles. The minimum Gasteiger partial charge on any atom is -0.457 e. The van der Waals surface area contributed by atoms with E-state index in [9.17, 15) is 4.39 Å². The lowest BCUT2D eigenvalue weighted by molar-refractivity contribution is 0.472. The van der Waals surface area contributed by atoms with Gasteiger partial charge >= 0.3 is 0 Å². The molecule has 0 unspecified atom stereocenters. The smallest absolute Gasteiger partial charge is 0.222 e. The van der Waals surface area contributed by atoms with Gasteiger partial charge in [-0.3, -0.25) is 0 Å². The van der Waals surface area contributed by atoms with Gasteiger partial charge in [0, 0.05) is 29.6 Å². The van der Waals surface area contributed by atoms with Crippen molar-refractivity contribution >= 4 is 17.5 Å². The molecule has 138 valence electrons. The monoisotopic (exact) mass is 373 g/mol. The largest absolute Gasteiger partial charge is 0.457 e. The number of ether oxygens (including phenoxy) is 1. The SMILES string of the molecule is Nc1nc(Nc2ccc(Oc3ccnc(F)c3)cc2)cc(-c2ccccc2)n1. The molecule has 0 aliphatic carbocycles. The van der Waals surface area contributed by atoms with Crippen molar-refractivity contribution in [2.45, 2.75) is 0 Å². The van der Waals surface area contributed by atoms with Gasteiger partial charge in [0.1, 0.15) is 17.3 Å². The highest BCUT2D eigenvalue weighted by molar-refractivity contribution is 5.67. The molecule has 0 saturated heterocycles. The Kier molecular flexibility index (Phi) is 4.79. The lowest BCUT2D eigenvalue weighted by Crippen LogP contribution is -2.01. The van der Waals surface area contributed by atoms with E-state index in [1.54, 1.807) is 18.2 Å². The number of aromatic nitrogens is 3. The van der Waals surface area contributed by atoms with Crippen LogP contribution in [-0.4, -0.2) is 15.0 Å². The van der Waals surface area contributed by atoms with Crippen LogP contribution in [0.3, 0.4) is 0 Å². The van der Waals surface area contributed by atoms with Crippen molar-refractivity contribution in [2.75, 3.05) is 11.1 Å². The van der Waals surface area contributed by atoms with Gasteiger partial charge in [-0.25, -0.2) is 9.97 Å². The van der Waals surface area contributed by atoms with Crippen LogP contribution in [0.25, 0.3) is 11.3 Å². The van der Waals surface area contributed by atoms with E-state index in [1.807, 2.05) is 48.5 Å². The molecule has 28 heavy (non-hydrogen) atoms. The minimum absolute atomic E-state index is 0.184. The Morgan fingerprint density at radius 2 is 1.64 bits per heavy atom. The Bertz CT molecular complexity index is 1090. The van der Waals surface area contributed by atoms with Gasteiger partial charge < -0.3 is 15.8 Å². The van der Waals surface area contributed by atoms with Crippen LogP contribution in [0.5, 0.6) is 11.5 Å². The summed E-state index contributed by atoms with van der Waals surface area (Å²) in [5.74, 6) is 1.12. The summed E-state index contributed by atoms with van der Waals surface area (Å²) in [6, 6.07) is 21.6. The maximum absolute atomic E-state index is 13.1. The van der Waals surface area contributed by atoms with E-state index in [1.165, 1.54) is 12.3 Å². The number of rotatable bonds is 5. The number of benzene rings is 2. The Balaban J connectivity index is 1.51. The molecule has 0 aliphatic rings. The average Bonchev–Trinajstić information content (AvgIpc) is 2.70. The topological polar surface area (TPSA) is 86.0 Å². The first-order valence-electron chi connectivity index (χ1n) is 8.52. The summed E-state index contributed by atoms with van der Waals surface area (Å²) in [5.41, 5.74) is 8.33. The first-order valence-corrected chi connectivity index (χ1v) is 8.52. The summed E-state index contributed by atoms with van der Waals surface area (Å²) >= 11 is 0. The molecule has 0 radical (unpaired) electrons. The molecule has 0 saturated carbocycles. The predicted octanol–water partition coefficient (Wildman–Crippen LogP) is 4.80. The number of halogens is 1. The van der Waals surface area contributed by atoms with Crippen molar-refractivity contribution in [3.05, 3.63) is 84.9 Å². The highest BCUT2D eigenvalue weighted by Gasteiger charge is 2.06. The molecule has 0 fully saturated rings. The van der Waals surface area contributed by atoms with Crippen LogP contribution in [-0.2, 0) is 0 Å². The van der Waals surface area contributed by atoms with E-state index in [0.29, 0.717) is 17.3 Å². The zero-order chi connectivity index (χ0) is 19.3. The van der Waals surface area contributed by atoms with Gasteiger partial charge in [0.25, 0.3) is 0 Å². The lowest BCUT2D eigenvalue weighted by atomic mass is 10.1. The highest BCUT2D eigenvalue weighted by Crippen LogP contribution is 2.26. The van der Waals surface area contributed by atoms with Crippen LogP contribution < -0.4 is 15.8 Å². The molecule has 4 rings (SSSR count). The molecule has 0 spiro atoms. The third kappa shape index (κ3) is 4.21. The van der Waals surface area contributed by atoms with Crippen LogP contribution in [0.15, 0.2) is 79.0 Å². The van der Waals surface area contributed by atoms with Crippen molar-refractivity contribution < 1.29 is 9.13 Å². The van der Waals surface area contributed by atoms with Crippen LogP contribution in [0.1, 0.15) is 0 Å². The van der Waals surface area contributed by atoms with Gasteiger partial charge in [-0.05, 0) is 30.3 Å². The first-order chi connectivity index (χ1) is 13.7. The molecule has 4 aromatic rings. The summed E-state index contributed by atoms with van der Waals surface area (Å²) in [4.78, 5) is 12.0. The number of anilines is 3. The molecule has 3 N–H and O–H groups in total. The summed E-state index contributed by atoms with van der Waals surface area (Å²) in [7, 11) is 0. The Labute approximate surface area is 160 Å². The summed E-state index contributed by atoms with van der Waals surface area (Å²) in [6.07, 6.45) is 1.35. The normalized spacial score (nSPS) is 10.5. The molecule has 0 amide bonds. The van der Waals surface area contributed by atoms with Crippen LogP contribution in [0.2, 0.25) is 0 Å². The third-order valence-corrected chi connectivity index (χ3v) is 3.87. The van der Waals surface area contributed by atoms with Crippen LogP contribution in [0.4, 0.5) is 21.8 Å². The second-order valence-corrected chi connectivity index (χ2v) is 5.93. The lowest BCUT2D eigenvalue weighted by Gasteiger charge is -2.10. The Morgan fingerprint density at radius 3 is 2.39 bits per heavy atom. The molecular formula is C21H16FN5O. The number of nitrogens with zero attached hydrogens (tertiary/aromatic N) is 3. The average molecular weight is 373 g/mol. The van der Waals surface area contributed by atoms with E-state index < -0.39 is 5.95 Å². The molecule has 7 heteroatoms. The van der Waals surface area contributed by atoms with Crippen molar-refractivity contribution in [1.29, 1.82) is 0 Å².